The number of methoxy groups -OCH3 is 1. The first-order chi connectivity index (χ1) is 10.2. The van der Waals surface area contributed by atoms with Crippen LogP contribution in [0.5, 0.6) is 5.75 Å². The molecule has 122 valence electrons. The van der Waals surface area contributed by atoms with Crippen LogP contribution < -0.4 is 10.1 Å². The summed E-state index contributed by atoms with van der Waals surface area (Å²) in [7, 11) is -3.01. The normalized spacial score (nSPS) is 10.7. The first-order valence-corrected chi connectivity index (χ1v) is 7.68. The Morgan fingerprint density at radius 3 is 2.55 bits per heavy atom. The molecule has 0 aliphatic carbocycles. The van der Waals surface area contributed by atoms with Crippen LogP contribution in [0, 0.1) is 0 Å². The van der Waals surface area contributed by atoms with Gasteiger partial charge in [-0.15, -0.1) is 0 Å². The molecule has 0 fully saturated rings. The second-order valence-electron chi connectivity index (χ2n) is 4.41. The second kappa shape index (κ2) is 7.78. The number of aromatic amines is 1. The summed E-state index contributed by atoms with van der Waals surface area (Å²) in [6.45, 7) is 2.18. The summed E-state index contributed by atoms with van der Waals surface area (Å²) in [4.78, 5) is 14.0. The van der Waals surface area contributed by atoms with Gasteiger partial charge in [-0.3, -0.25) is 13.9 Å². The van der Waals surface area contributed by atoms with E-state index in [-0.39, 0.29) is 5.91 Å². The van der Waals surface area contributed by atoms with Crippen LogP contribution in [-0.2, 0) is 21.6 Å². The van der Waals surface area contributed by atoms with E-state index >= 15 is 0 Å². The van der Waals surface area contributed by atoms with Crippen LogP contribution in [0.25, 0.3) is 10.9 Å². The Balaban J connectivity index is 0.000000422. The standard InChI is InChI=1S/C13H16N2O2.H2O4S/c1-9(16)14-6-5-10-8-15-13-4-3-11(17-2)7-12(10)13;1-5(2,3)4/h3-4,7-8,15H,5-6H2,1-2H3,(H,14,16);(H2,1,2,3,4). The molecular weight excluding hydrogens is 312 g/mol. The van der Waals surface area contributed by atoms with Crippen molar-refractivity contribution >= 4 is 27.2 Å². The molecule has 0 radical (unpaired) electrons. The van der Waals surface area contributed by atoms with Gasteiger partial charge in [0.05, 0.1) is 7.11 Å². The van der Waals surface area contributed by atoms with Crippen LogP contribution in [0.3, 0.4) is 0 Å². The Hall–Kier alpha value is -2.10. The number of carbonyl (C=O) groups excluding carboxylic acids is 1. The van der Waals surface area contributed by atoms with Crippen LogP contribution in [0.1, 0.15) is 12.5 Å². The lowest BCUT2D eigenvalue weighted by molar-refractivity contribution is -0.118. The number of carbonyl (C=O) groups is 1. The van der Waals surface area contributed by atoms with Crippen molar-refractivity contribution in [1.29, 1.82) is 0 Å². The van der Waals surface area contributed by atoms with E-state index in [0.29, 0.717) is 6.54 Å². The summed E-state index contributed by atoms with van der Waals surface area (Å²) in [6, 6.07) is 5.93. The average molecular weight is 330 g/mol. The van der Waals surface area contributed by atoms with E-state index in [1.54, 1.807) is 7.11 Å². The summed E-state index contributed by atoms with van der Waals surface area (Å²) in [5.74, 6) is 0.847. The van der Waals surface area contributed by atoms with Gasteiger partial charge in [0.2, 0.25) is 5.91 Å². The van der Waals surface area contributed by atoms with E-state index in [4.69, 9.17) is 22.3 Å². The number of hydrogen-bond donors (Lipinski definition) is 4. The van der Waals surface area contributed by atoms with E-state index in [9.17, 15) is 4.79 Å². The molecule has 1 aromatic heterocycles. The number of ether oxygens (including phenoxy) is 1. The molecule has 0 spiro atoms. The smallest absolute Gasteiger partial charge is 0.394 e. The molecule has 8 nitrogen and oxygen atoms in total. The third-order valence-electron chi connectivity index (χ3n) is 2.74. The topological polar surface area (TPSA) is 129 Å². The van der Waals surface area contributed by atoms with Crippen molar-refractivity contribution in [3.8, 4) is 5.75 Å². The van der Waals surface area contributed by atoms with Crippen molar-refractivity contribution in [2.24, 2.45) is 0 Å². The lowest BCUT2D eigenvalue weighted by Crippen LogP contribution is -2.22. The van der Waals surface area contributed by atoms with E-state index in [2.05, 4.69) is 10.3 Å². The molecule has 1 amide bonds. The van der Waals surface area contributed by atoms with Crippen LogP contribution in [0.2, 0.25) is 0 Å². The van der Waals surface area contributed by atoms with Crippen molar-refractivity contribution in [1.82, 2.24) is 10.3 Å². The highest BCUT2D eigenvalue weighted by atomic mass is 32.3. The molecule has 0 bridgehead atoms. The van der Waals surface area contributed by atoms with Crippen LogP contribution in [-0.4, -0.2) is 42.1 Å². The second-order valence-corrected chi connectivity index (χ2v) is 5.30. The molecule has 2 aromatic rings. The molecule has 0 saturated heterocycles. The maximum atomic E-state index is 10.8. The largest absolute Gasteiger partial charge is 0.497 e. The van der Waals surface area contributed by atoms with Crippen molar-refractivity contribution in [3.05, 3.63) is 30.0 Å². The third kappa shape index (κ3) is 6.57. The zero-order chi connectivity index (χ0) is 16.8. The van der Waals surface area contributed by atoms with Gasteiger partial charge in [-0.25, -0.2) is 0 Å². The Morgan fingerprint density at radius 1 is 1.36 bits per heavy atom. The van der Waals surface area contributed by atoms with Crippen molar-refractivity contribution in [2.45, 2.75) is 13.3 Å². The lowest BCUT2D eigenvalue weighted by atomic mass is 10.1. The molecule has 0 saturated carbocycles. The minimum atomic E-state index is -4.67. The molecule has 22 heavy (non-hydrogen) atoms. The van der Waals surface area contributed by atoms with Crippen LogP contribution in [0.15, 0.2) is 24.4 Å². The molecule has 9 heteroatoms. The quantitative estimate of drug-likeness (QED) is 0.624. The van der Waals surface area contributed by atoms with E-state index in [1.165, 1.54) is 12.5 Å². The summed E-state index contributed by atoms with van der Waals surface area (Å²) in [5, 5.41) is 3.94. The Bertz CT molecular complexity index is 730. The maximum absolute atomic E-state index is 10.8. The van der Waals surface area contributed by atoms with Crippen molar-refractivity contribution < 1.29 is 27.1 Å². The first-order valence-electron chi connectivity index (χ1n) is 6.29. The molecule has 2 rings (SSSR count). The maximum Gasteiger partial charge on any atom is 0.394 e. The highest BCUT2D eigenvalue weighted by Gasteiger charge is 2.05. The minimum Gasteiger partial charge on any atom is -0.497 e. The highest BCUT2D eigenvalue weighted by molar-refractivity contribution is 7.79. The number of amides is 1. The molecule has 0 atom stereocenters. The van der Waals surface area contributed by atoms with Gasteiger partial charge >= 0.3 is 10.4 Å². The van der Waals surface area contributed by atoms with Gasteiger partial charge in [-0.05, 0) is 30.2 Å². The van der Waals surface area contributed by atoms with E-state index in [1.807, 2.05) is 24.4 Å². The van der Waals surface area contributed by atoms with Gasteiger partial charge in [0.1, 0.15) is 5.75 Å². The number of H-pyrrole nitrogens is 1. The third-order valence-corrected chi connectivity index (χ3v) is 2.74. The van der Waals surface area contributed by atoms with Crippen LogP contribution in [0.4, 0.5) is 0 Å². The summed E-state index contributed by atoms with van der Waals surface area (Å²) in [5.41, 5.74) is 2.27. The van der Waals surface area contributed by atoms with Gasteiger partial charge < -0.3 is 15.0 Å². The zero-order valence-corrected chi connectivity index (χ0v) is 13.0. The van der Waals surface area contributed by atoms with Gasteiger partial charge in [0.15, 0.2) is 0 Å². The fourth-order valence-electron chi connectivity index (χ4n) is 1.86. The van der Waals surface area contributed by atoms with Gasteiger partial charge in [-0.2, -0.15) is 8.42 Å². The SMILES string of the molecule is COc1ccc2[nH]cc(CCNC(C)=O)c2c1.O=S(=O)(O)O. The predicted molar refractivity (Wildman–Crippen MR) is 81.4 cm³/mol. The molecule has 4 N–H and O–H groups in total. The number of rotatable bonds is 4. The Morgan fingerprint density at radius 2 is 2.00 bits per heavy atom. The van der Waals surface area contributed by atoms with Crippen molar-refractivity contribution in [3.63, 3.8) is 0 Å². The number of hydrogen-bond acceptors (Lipinski definition) is 4. The Kier molecular flexibility index (Phi) is 6.35. The molecular formula is C13H18N2O6S. The predicted octanol–water partition coefficient (Wildman–Crippen LogP) is 1.20. The average Bonchev–Trinajstić information content (AvgIpc) is 2.79. The number of aromatic nitrogens is 1. The fraction of sp³-hybridized carbons (Fsp3) is 0.308. The van der Waals surface area contributed by atoms with Gasteiger partial charge in [0, 0.05) is 30.6 Å². The van der Waals surface area contributed by atoms with E-state index < -0.39 is 10.4 Å². The number of benzene rings is 1. The lowest BCUT2D eigenvalue weighted by Gasteiger charge is -2.03. The first kappa shape index (κ1) is 18.0. The molecule has 1 aromatic carbocycles. The molecule has 0 aliphatic rings. The number of fused-ring (bicyclic) bond motifs is 1. The van der Waals surface area contributed by atoms with Crippen LogP contribution >= 0.6 is 0 Å². The highest BCUT2D eigenvalue weighted by Crippen LogP contribution is 2.23. The fourth-order valence-corrected chi connectivity index (χ4v) is 1.86. The van der Waals surface area contributed by atoms with Crippen molar-refractivity contribution in [2.75, 3.05) is 13.7 Å². The number of nitrogens with one attached hydrogen (secondary N) is 2. The molecule has 0 unspecified atom stereocenters. The summed E-state index contributed by atoms with van der Waals surface area (Å²) >= 11 is 0. The van der Waals surface area contributed by atoms with E-state index in [0.717, 1.165) is 23.1 Å². The molecule has 0 aliphatic heterocycles. The summed E-state index contributed by atoms with van der Waals surface area (Å²) in [6.07, 6.45) is 2.79. The van der Waals surface area contributed by atoms with Gasteiger partial charge in [0.25, 0.3) is 0 Å². The minimum absolute atomic E-state index is 0.00224. The monoisotopic (exact) mass is 330 g/mol. The summed E-state index contributed by atoms with van der Waals surface area (Å²) < 4.78 is 36.8. The van der Waals surface area contributed by atoms with Gasteiger partial charge in [-0.1, -0.05) is 0 Å². The zero-order valence-electron chi connectivity index (χ0n) is 12.2. The molecule has 1 heterocycles. The Labute approximate surface area is 128 Å².